The van der Waals surface area contributed by atoms with Gasteiger partial charge in [0, 0.05) is 0 Å². The molecule has 1 aliphatic carbocycles. The molecule has 0 fully saturated rings. The highest BCUT2D eigenvalue weighted by atomic mass is 14.2. The molecular formula is C16H15. The smallest absolute Gasteiger partial charge is 0.00173 e. The van der Waals surface area contributed by atoms with Crippen molar-refractivity contribution in [3.05, 3.63) is 76.7 Å². The lowest BCUT2D eigenvalue weighted by Gasteiger charge is -2.22. The van der Waals surface area contributed by atoms with Crippen LogP contribution in [-0.4, -0.2) is 0 Å². The lowest BCUT2D eigenvalue weighted by atomic mass is 9.83. The maximum Gasteiger partial charge on any atom is -0.00173 e. The lowest BCUT2D eigenvalue weighted by Crippen LogP contribution is -2.09. The first-order valence-electron chi connectivity index (χ1n) is 5.76. The molecule has 0 aromatic heterocycles. The Labute approximate surface area is 96.9 Å². The van der Waals surface area contributed by atoms with E-state index in [-0.39, 0.29) is 0 Å². The second kappa shape index (κ2) is 3.48. The van der Waals surface area contributed by atoms with Crippen LogP contribution < -0.4 is 0 Å². The Hall–Kier alpha value is -1.56. The Morgan fingerprint density at radius 2 is 1.56 bits per heavy atom. The molecular weight excluding hydrogens is 192 g/mol. The zero-order chi connectivity index (χ0) is 11.1. The third kappa shape index (κ3) is 1.37. The molecule has 0 saturated heterocycles. The van der Waals surface area contributed by atoms with Crippen molar-refractivity contribution in [1.82, 2.24) is 0 Å². The van der Waals surface area contributed by atoms with Crippen molar-refractivity contribution < 1.29 is 0 Å². The Morgan fingerprint density at radius 1 is 0.875 bits per heavy atom. The Balaban J connectivity index is 2.16. The summed E-state index contributed by atoms with van der Waals surface area (Å²) in [5.41, 5.74) is 8.45. The van der Waals surface area contributed by atoms with Crippen LogP contribution in [-0.2, 0) is 12.8 Å². The van der Waals surface area contributed by atoms with E-state index in [9.17, 15) is 0 Å². The minimum atomic E-state index is 1.07. The Bertz CT molecular complexity index is 550. The standard InChI is InChI=1S/C16H15/c1-11-7-8-15-9-13-5-3-4-6-14(13)10-16(15)12(11)2/h3-8H,1,9-10H2,2H3. The molecule has 0 spiro atoms. The Morgan fingerprint density at radius 3 is 2.31 bits per heavy atom. The average Bonchev–Trinajstić information content (AvgIpc) is 2.32. The summed E-state index contributed by atoms with van der Waals surface area (Å²) in [4.78, 5) is 0. The van der Waals surface area contributed by atoms with Crippen molar-refractivity contribution in [1.29, 1.82) is 0 Å². The third-order valence-electron chi connectivity index (χ3n) is 3.67. The lowest BCUT2D eigenvalue weighted by molar-refractivity contribution is 0.983. The van der Waals surface area contributed by atoms with Crippen LogP contribution in [0.25, 0.3) is 0 Å². The second-order valence-corrected chi connectivity index (χ2v) is 4.61. The van der Waals surface area contributed by atoms with Gasteiger partial charge in [0.25, 0.3) is 0 Å². The van der Waals surface area contributed by atoms with Gasteiger partial charge < -0.3 is 0 Å². The first kappa shape index (κ1) is 9.65. The molecule has 0 nitrogen and oxygen atoms in total. The molecule has 1 aliphatic rings. The summed E-state index contributed by atoms with van der Waals surface area (Å²) < 4.78 is 0. The van der Waals surface area contributed by atoms with Crippen LogP contribution in [0.3, 0.4) is 0 Å². The highest BCUT2D eigenvalue weighted by molar-refractivity contribution is 5.50. The van der Waals surface area contributed by atoms with E-state index in [1.54, 1.807) is 0 Å². The number of hydrogen-bond acceptors (Lipinski definition) is 0. The normalized spacial score (nSPS) is 13.1. The fraction of sp³-hybridized carbons (Fsp3) is 0.188. The molecule has 1 radical (unpaired) electrons. The monoisotopic (exact) mass is 207 g/mol. The van der Waals surface area contributed by atoms with Crippen LogP contribution in [0.15, 0.2) is 36.4 Å². The predicted molar refractivity (Wildman–Crippen MR) is 67.7 cm³/mol. The summed E-state index contributed by atoms with van der Waals surface area (Å²) in [6.45, 7) is 6.27. The maximum absolute atomic E-state index is 4.08. The molecule has 0 aliphatic heterocycles. The first-order valence-corrected chi connectivity index (χ1v) is 5.76. The van der Waals surface area contributed by atoms with Crippen LogP contribution in [0.5, 0.6) is 0 Å². The number of benzene rings is 2. The molecule has 3 rings (SSSR count). The van der Waals surface area contributed by atoms with Crippen molar-refractivity contribution in [3.63, 3.8) is 0 Å². The fourth-order valence-electron chi connectivity index (χ4n) is 2.57. The topological polar surface area (TPSA) is 0 Å². The zero-order valence-electron chi connectivity index (χ0n) is 9.59. The maximum atomic E-state index is 4.08. The largest absolute Gasteiger partial charge is 0.0620 e. The summed E-state index contributed by atoms with van der Waals surface area (Å²) >= 11 is 0. The van der Waals surface area contributed by atoms with E-state index in [1.807, 2.05) is 0 Å². The quantitative estimate of drug-likeness (QED) is 0.527. The van der Waals surface area contributed by atoms with Gasteiger partial charge in [0.05, 0.1) is 0 Å². The van der Waals surface area contributed by atoms with E-state index in [1.165, 1.54) is 27.8 Å². The molecule has 0 atom stereocenters. The highest BCUT2D eigenvalue weighted by Crippen LogP contribution is 2.30. The van der Waals surface area contributed by atoms with Gasteiger partial charge in [-0.15, -0.1) is 0 Å². The summed E-state index contributed by atoms with van der Waals surface area (Å²) in [5, 5.41) is 0. The van der Waals surface area contributed by atoms with Gasteiger partial charge in [-0.05, 0) is 60.1 Å². The predicted octanol–water partition coefficient (Wildman–Crippen LogP) is 3.67. The van der Waals surface area contributed by atoms with E-state index in [0.717, 1.165) is 18.4 Å². The van der Waals surface area contributed by atoms with Gasteiger partial charge in [-0.3, -0.25) is 0 Å². The van der Waals surface area contributed by atoms with E-state index in [0.29, 0.717) is 0 Å². The van der Waals surface area contributed by atoms with E-state index < -0.39 is 0 Å². The summed E-state index contributed by atoms with van der Waals surface area (Å²) in [7, 11) is 0. The molecule has 16 heavy (non-hydrogen) atoms. The van der Waals surface area contributed by atoms with Gasteiger partial charge in [-0.2, -0.15) is 0 Å². The SMILES string of the molecule is [CH2]c1ccc2c(c1C)Cc1ccccc1C2. The summed E-state index contributed by atoms with van der Waals surface area (Å²) in [6.07, 6.45) is 2.15. The zero-order valence-corrected chi connectivity index (χ0v) is 9.59. The van der Waals surface area contributed by atoms with Crippen molar-refractivity contribution in [2.24, 2.45) is 0 Å². The minimum Gasteiger partial charge on any atom is -0.0620 e. The van der Waals surface area contributed by atoms with Gasteiger partial charge >= 0.3 is 0 Å². The third-order valence-corrected chi connectivity index (χ3v) is 3.67. The fourth-order valence-corrected chi connectivity index (χ4v) is 2.57. The molecule has 2 aromatic carbocycles. The minimum absolute atomic E-state index is 1.07. The van der Waals surface area contributed by atoms with Crippen molar-refractivity contribution >= 4 is 0 Å². The molecule has 0 heteroatoms. The molecule has 0 amide bonds. The van der Waals surface area contributed by atoms with Gasteiger partial charge in [0.2, 0.25) is 0 Å². The van der Waals surface area contributed by atoms with Crippen LogP contribution in [0, 0.1) is 13.8 Å². The van der Waals surface area contributed by atoms with Crippen LogP contribution in [0.1, 0.15) is 33.4 Å². The van der Waals surface area contributed by atoms with Gasteiger partial charge in [-0.1, -0.05) is 36.4 Å². The molecule has 0 saturated carbocycles. The molecule has 0 bridgehead atoms. The van der Waals surface area contributed by atoms with Crippen molar-refractivity contribution in [2.45, 2.75) is 19.8 Å². The average molecular weight is 207 g/mol. The van der Waals surface area contributed by atoms with Crippen LogP contribution in [0.2, 0.25) is 0 Å². The van der Waals surface area contributed by atoms with Crippen molar-refractivity contribution in [2.75, 3.05) is 0 Å². The molecule has 0 unspecified atom stereocenters. The number of rotatable bonds is 0. The van der Waals surface area contributed by atoms with E-state index >= 15 is 0 Å². The summed E-state index contributed by atoms with van der Waals surface area (Å²) in [5.74, 6) is 0. The van der Waals surface area contributed by atoms with Gasteiger partial charge in [-0.25, -0.2) is 0 Å². The second-order valence-electron chi connectivity index (χ2n) is 4.61. The van der Waals surface area contributed by atoms with Crippen molar-refractivity contribution in [3.8, 4) is 0 Å². The Kier molecular flexibility index (Phi) is 2.10. The molecule has 0 N–H and O–H groups in total. The van der Waals surface area contributed by atoms with E-state index in [4.69, 9.17) is 0 Å². The highest BCUT2D eigenvalue weighted by Gasteiger charge is 2.16. The first-order chi connectivity index (χ1) is 7.75. The van der Waals surface area contributed by atoms with E-state index in [2.05, 4.69) is 50.2 Å². The molecule has 2 aromatic rings. The molecule has 79 valence electrons. The van der Waals surface area contributed by atoms with Crippen LogP contribution >= 0.6 is 0 Å². The summed E-state index contributed by atoms with van der Waals surface area (Å²) in [6, 6.07) is 13.1. The number of fused-ring (bicyclic) bond motifs is 2. The number of hydrogen-bond donors (Lipinski definition) is 0. The van der Waals surface area contributed by atoms with Gasteiger partial charge in [0.15, 0.2) is 0 Å². The van der Waals surface area contributed by atoms with Crippen LogP contribution in [0.4, 0.5) is 0 Å². The molecule has 0 heterocycles. The van der Waals surface area contributed by atoms with Gasteiger partial charge in [0.1, 0.15) is 0 Å².